The maximum absolute atomic E-state index is 6.71. The Hall–Kier alpha value is -3.13. The topological polar surface area (TPSA) is 21.7 Å². The molecule has 0 saturated heterocycles. The number of hydrogen-bond donors (Lipinski definition) is 0. The van der Waals surface area contributed by atoms with E-state index in [0.29, 0.717) is 0 Å². The maximum atomic E-state index is 6.71. The van der Waals surface area contributed by atoms with Crippen LogP contribution >= 0.6 is 8.53 Å². The summed E-state index contributed by atoms with van der Waals surface area (Å²) >= 11 is 0. The van der Waals surface area contributed by atoms with Gasteiger partial charge in [0.05, 0.1) is 0 Å². The minimum Gasteiger partial charge on any atom is -0.427 e. The molecule has 2 atom stereocenters. The van der Waals surface area contributed by atoms with E-state index in [9.17, 15) is 0 Å². The lowest BCUT2D eigenvalue weighted by molar-refractivity contribution is 0.246. The second kappa shape index (κ2) is 9.79. The van der Waals surface area contributed by atoms with E-state index in [4.69, 9.17) is 9.05 Å². The minimum absolute atomic E-state index is 0.0891. The van der Waals surface area contributed by atoms with Gasteiger partial charge in [-0.25, -0.2) is 4.67 Å². The van der Waals surface area contributed by atoms with E-state index in [1.807, 2.05) is 12.1 Å². The maximum Gasteiger partial charge on any atom is 0.385 e. The van der Waals surface area contributed by atoms with Crippen LogP contribution in [0.25, 0.3) is 0 Å². The minimum atomic E-state index is -1.44. The third kappa shape index (κ3) is 4.66. The van der Waals surface area contributed by atoms with Crippen molar-refractivity contribution < 1.29 is 9.05 Å². The molecule has 0 aliphatic carbocycles. The first kappa shape index (κ1) is 21.7. The van der Waals surface area contributed by atoms with Crippen molar-refractivity contribution in [2.75, 3.05) is 0 Å². The third-order valence-corrected chi connectivity index (χ3v) is 8.00. The molecule has 1 aliphatic heterocycles. The summed E-state index contributed by atoms with van der Waals surface area (Å²) in [6.07, 6.45) is 0.790. The van der Waals surface area contributed by atoms with Gasteiger partial charge in [-0.2, -0.15) is 0 Å². The lowest BCUT2D eigenvalue weighted by Crippen LogP contribution is -2.29. The summed E-state index contributed by atoms with van der Waals surface area (Å²) < 4.78 is 15.8. The van der Waals surface area contributed by atoms with Crippen molar-refractivity contribution >= 4 is 8.53 Å². The second-order valence-corrected chi connectivity index (χ2v) is 9.67. The monoisotopic (exact) mass is 453 g/mol. The van der Waals surface area contributed by atoms with Gasteiger partial charge in [-0.3, -0.25) is 0 Å². The van der Waals surface area contributed by atoms with Crippen molar-refractivity contribution in [3.8, 4) is 11.5 Å². The van der Waals surface area contributed by atoms with Gasteiger partial charge in [-0.05, 0) is 48.2 Å². The third-order valence-electron chi connectivity index (χ3n) is 6.23. The van der Waals surface area contributed by atoms with Crippen LogP contribution in [-0.2, 0) is 6.42 Å². The molecule has 0 spiro atoms. The van der Waals surface area contributed by atoms with E-state index in [1.54, 1.807) is 0 Å². The number of nitrogens with zero attached hydrogens (tertiary/aromatic N) is 1. The molecule has 1 heterocycles. The molecule has 4 aromatic rings. The standard InChI is InChI=1S/C29H28NO2P/c1-22(24-13-5-3-6-14-24)30(23(2)25-15-7-4-8-16-25)33-31-28-19-11-9-17-26(28)21-27-18-10-12-20-29(27)32-33/h3-20,22-23H,21H2,1-2H3/t22-,23-/m0/s1. The van der Waals surface area contributed by atoms with E-state index < -0.39 is 8.53 Å². The second-order valence-electron chi connectivity index (χ2n) is 8.37. The fraction of sp³-hybridized carbons (Fsp3) is 0.172. The molecule has 5 rings (SSSR count). The smallest absolute Gasteiger partial charge is 0.385 e. The van der Waals surface area contributed by atoms with Crippen LogP contribution in [0.1, 0.15) is 48.2 Å². The summed E-state index contributed by atoms with van der Waals surface area (Å²) in [6, 6.07) is 38.0. The summed E-state index contributed by atoms with van der Waals surface area (Å²) in [6.45, 7) is 4.47. The SMILES string of the molecule is C[C@@H](c1ccccc1)N([C@@H](C)c1ccccc1)P1Oc2ccccc2Cc2ccccc2O1. The largest absolute Gasteiger partial charge is 0.427 e. The zero-order chi connectivity index (χ0) is 22.6. The van der Waals surface area contributed by atoms with E-state index in [1.165, 1.54) is 22.3 Å². The fourth-order valence-corrected chi connectivity index (χ4v) is 6.10. The predicted octanol–water partition coefficient (Wildman–Crippen LogP) is 8.10. The quantitative estimate of drug-likeness (QED) is 0.285. The highest BCUT2D eigenvalue weighted by Gasteiger charge is 2.37. The van der Waals surface area contributed by atoms with Crippen LogP contribution in [0.4, 0.5) is 0 Å². The highest BCUT2D eigenvalue weighted by Crippen LogP contribution is 2.55. The molecule has 166 valence electrons. The molecule has 4 heteroatoms. The Morgan fingerprint density at radius 1 is 0.576 bits per heavy atom. The van der Waals surface area contributed by atoms with Gasteiger partial charge in [0.1, 0.15) is 11.5 Å². The first-order valence-electron chi connectivity index (χ1n) is 11.4. The molecular weight excluding hydrogens is 425 g/mol. The van der Waals surface area contributed by atoms with Crippen molar-refractivity contribution in [2.24, 2.45) is 0 Å². The van der Waals surface area contributed by atoms with E-state index in [0.717, 1.165) is 17.9 Å². The molecule has 0 fully saturated rings. The van der Waals surface area contributed by atoms with Crippen LogP contribution < -0.4 is 9.05 Å². The first-order chi connectivity index (χ1) is 16.2. The zero-order valence-corrected chi connectivity index (χ0v) is 19.9. The van der Waals surface area contributed by atoms with Gasteiger partial charge < -0.3 is 9.05 Å². The van der Waals surface area contributed by atoms with Gasteiger partial charge in [0, 0.05) is 18.5 Å². The van der Waals surface area contributed by atoms with Gasteiger partial charge in [-0.15, -0.1) is 0 Å². The van der Waals surface area contributed by atoms with Crippen LogP contribution in [0.5, 0.6) is 11.5 Å². The van der Waals surface area contributed by atoms with Crippen molar-refractivity contribution in [2.45, 2.75) is 32.4 Å². The Morgan fingerprint density at radius 2 is 0.970 bits per heavy atom. The van der Waals surface area contributed by atoms with Gasteiger partial charge >= 0.3 is 8.53 Å². The lowest BCUT2D eigenvalue weighted by Gasteiger charge is -2.39. The van der Waals surface area contributed by atoms with Gasteiger partial charge in [0.2, 0.25) is 0 Å². The van der Waals surface area contributed by atoms with E-state index >= 15 is 0 Å². The fourth-order valence-electron chi connectivity index (χ4n) is 4.35. The number of hydrogen-bond acceptors (Lipinski definition) is 3. The zero-order valence-electron chi connectivity index (χ0n) is 19.0. The van der Waals surface area contributed by atoms with Crippen molar-refractivity contribution in [1.29, 1.82) is 0 Å². The summed E-state index contributed by atoms with van der Waals surface area (Å²) in [5, 5.41) is 0. The van der Waals surface area contributed by atoms with Gasteiger partial charge in [-0.1, -0.05) is 97.1 Å². The first-order valence-corrected chi connectivity index (χ1v) is 12.5. The molecule has 0 N–H and O–H groups in total. The Labute approximate surface area is 197 Å². The highest BCUT2D eigenvalue weighted by atomic mass is 31.2. The lowest BCUT2D eigenvalue weighted by atomic mass is 10.0. The molecule has 0 bridgehead atoms. The Morgan fingerprint density at radius 3 is 1.42 bits per heavy atom. The predicted molar refractivity (Wildman–Crippen MR) is 135 cm³/mol. The number of rotatable bonds is 5. The molecule has 0 unspecified atom stereocenters. The molecule has 0 amide bonds. The summed E-state index contributed by atoms with van der Waals surface area (Å²) in [4.78, 5) is 0. The molecule has 3 nitrogen and oxygen atoms in total. The molecular formula is C29H28NO2P. The van der Waals surface area contributed by atoms with Crippen molar-refractivity contribution in [3.05, 3.63) is 131 Å². The Kier molecular flexibility index (Phi) is 6.44. The van der Waals surface area contributed by atoms with Crippen LogP contribution in [0, 0.1) is 0 Å². The van der Waals surface area contributed by atoms with Gasteiger partial charge in [0.25, 0.3) is 0 Å². The van der Waals surface area contributed by atoms with Crippen molar-refractivity contribution in [3.63, 3.8) is 0 Å². The molecule has 0 saturated carbocycles. The highest BCUT2D eigenvalue weighted by molar-refractivity contribution is 7.45. The molecule has 0 radical (unpaired) electrons. The summed E-state index contributed by atoms with van der Waals surface area (Å²) in [5.74, 6) is 1.78. The van der Waals surface area contributed by atoms with Crippen LogP contribution in [-0.4, -0.2) is 4.67 Å². The molecule has 4 aromatic carbocycles. The number of para-hydroxylation sites is 2. The number of fused-ring (bicyclic) bond motifs is 2. The van der Waals surface area contributed by atoms with E-state index in [2.05, 4.69) is 116 Å². The Balaban J connectivity index is 1.61. The van der Waals surface area contributed by atoms with Crippen molar-refractivity contribution in [1.82, 2.24) is 4.67 Å². The van der Waals surface area contributed by atoms with Gasteiger partial charge in [0.15, 0.2) is 0 Å². The normalized spacial score (nSPS) is 15.2. The average molecular weight is 454 g/mol. The molecule has 33 heavy (non-hydrogen) atoms. The molecule has 0 aromatic heterocycles. The average Bonchev–Trinajstić information content (AvgIpc) is 2.86. The summed E-state index contributed by atoms with van der Waals surface area (Å²) in [5.41, 5.74) is 4.83. The number of benzene rings is 4. The summed E-state index contributed by atoms with van der Waals surface area (Å²) in [7, 11) is -1.44. The van der Waals surface area contributed by atoms with Crippen LogP contribution in [0.3, 0.4) is 0 Å². The van der Waals surface area contributed by atoms with E-state index in [-0.39, 0.29) is 12.1 Å². The van der Waals surface area contributed by atoms with Crippen LogP contribution in [0.15, 0.2) is 109 Å². The Bertz CT molecular complexity index is 1110. The van der Waals surface area contributed by atoms with Crippen LogP contribution in [0.2, 0.25) is 0 Å². The molecule has 1 aliphatic rings.